The highest BCUT2D eigenvalue weighted by atomic mass is 19.4. The van der Waals surface area contributed by atoms with Crippen molar-refractivity contribution in [3.8, 4) is 62.0 Å². The number of para-hydroxylation sites is 2. The Labute approximate surface area is 404 Å². The molecule has 0 aliphatic heterocycles. The molecule has 9 aromatic carbocycles. The minimum Gasteiger partial charge on any atom is -0.310 e. The standard InChI is InChI=1S/C61H38F6N4/c1-35-24-42(29-44(26-35)60(62,63)64)39-17-21-55-49(31-39)47-10-5-7-13-53(47)70(55)57-23-19-41(46-20-16-38(34-68)28-37(46)3)33-51(57)59-52(69-4)12-9-15-58(59)71-54-14-8-6-11-48(54)50-32-40(18-22-56(50)71)43-25-36(2)27-45(30-43)61(65,66)67/h5-33H,1-3H3. The van der Waals surface area contributed by atoms with E-state index in [1.165, 1.54) is 12.1 Å². The molecule has 0 saturated carbocycles. The molecule has 0 amide bonds. The van der Waals surface area contributed by atoms with Gasteiger partial charge in [-0.2, -0.15) is 31.6 Å². The second kappa shape index (κ2) is 16.7. The molecule has 0 bridgehead atoms. The summed E-state index contributed by atoms with van der Waals surface area (Å²) in [4.78, 5) is 4.15. The van der Waals surface area contributed by atoms with Crippen LogP contribution in [0.5, 0.6) is 0 Å². The minimum atomic E-state index is -4.52. The maximum atomic E-state index is 14.1. The van der Waals surface area contributed by atoms with Crippen molar-refractivity contribution < 1.29 is 26.3 Å². The number of halogens is 6. The molecule has 0 saturated heterocycles. The van der Waals surface area contributed by atoms with Crippen LogP contribution in [0.4, 0.5) is 32.0 Å². The SMILES string of the molecule is [C-]#[N+]c1cccc(-n2c3ccccc3c3cc(-c4cc(C)cc(C(F)(F)F)c4)ccc32)c1-c1cc(-c2ccc(C#N)cc2C)ccc1-n1c2ccccc2c2cc(-c3cc(C)cc(C(F)(F)F)c3)ccc21. The smallest absolute Gasteiger partial charge is 0.310 e. The summed E-state index contributed by atoms with van der Waals surface area (Å²) >= 11 is 0. The van der Waals surface area contributed by atoms with Gasteiger partial charge in [-0.1, -0.05) is 84.9 Å². The Balaban J connectivity index is 1.19. The number of nitriles is 1. The van der Waals surface area contributed by atoms with Crippen LogP contribution in [0.15, 0.2) is 176 Å². The summed E-state index contributed by atoms with van der Waals surface area (Å²) in [7, 11) is 0. The maximum absolute atomic E-state index is 14.1. The van der Waals surface area contributed by atoms with Crippen molar-refractivity contribution in [2.24, 2.45) is 0 Å². The molecular formula is C61H38F6N4. The van der Waals surface area contributed by atoms with Crippen LogP contribution in [-0.4, -0.2) is 9.13 Å². The highest BCUT2D eigenvalue weighted by Gasteiger charge is 2.32. The van der Waals surface area contributed by atoms with Gasteiger partial charge in [-0.3, -0.25) is 0 Å². The predicted octanol–water partition coefficient (Wildman–Crippen LogP) is 17.9. The van der Waals surface area contributed by atoms with E-state index in [1.54, 1.807) is 38.1 Å². The maximum Gasteiger partial charge on any atom is 0.416 e. The summed E-state index contributed by atoms with van der Waals surface area (Å²) < 4.78 is 88.7. The molecule has 0 radical (unpaired) electrons. The molecule has 10 heteroatoms. The normalized spacial score (nSPS) is 12.0. The van der Waals surface area contributed by atoms with E-state index in [0.717, 1.165) is 78.1 Å². The number of fused-ring (bicyclic) bond motifs is 6. The Kier molecular flexibility index (Phi) is 10.5. The lowest BCUT2D eigenvalue weighted by Gasteiger charge is -2.21. The average Bonchev–Trinajstić information content (AvgIpc) is 3.87. The first kappa shape index (κ1) is 44.6. The van der Waals surface area contributed by atoms with E-state index in [0.29, 0.717) is 61.4 Å². The van der Waals surface area contributed by atoms with Crippen LogP contribution in [0.25, 0.3) is 104 Å². The van der Waals surface area contributed by atoms with Crippen LogP contribution in [0.3, 0.4) is 0 Å². The molecule has 0 spiro atoms. The largest absolute Gasteiger partial charge is 0.416 e. The van der Waals surface area contributed by atoms with E-state index in [-0.39, 0.29) is 0 Å². The molecule has 2 aromatic heterocycles. The van der Waals surface area contributed by atoms with Crippen molar-refractivity contribution >= 4 is 49.3 Å². The fraction of sp³-hybridized carbons (Fsp3) is 0.0820. The van der Waals surface area contributed by atoms with Crippen molar-refractivity contribution in [2.45, 2.75) is 33.1 Å². The molecule has 11 aromatic rings. The van der Waals surface area contributed by atoms with Gasteiger partial charge in [-0.25, -0.2) is 4.85 Å². The third-order valence-electron chi connectivity index (χ3n) is 13.4. The third-order valence-corrected chi connectivity index (χ3v) is 13.4. The van der Waals surface area contributed by atoms with E-state index in [1.807, 2.05) is 128 Å². The molecule has 0 atom stereocenters. The summed E-state index contributed by atoms with van der Waals surface area (Å²) in [6, 6.07) is 54.7. The Bertz CT molecular complexity index is 4100. The van der Waals surface area contributed by atoms with Gasteiger partial charge in [0.1, 0.15) is 0 Å². The predicted molar refractivity (Wildman–Crippen MR) is 272 cm³/mol. The van der Waals surface area contributed by atoms with Crippen molar-refractivity contribution in [1.82, 2.24) is 9.13 Å². The molecule has 11 rings (SSSR count). The third kappa shape index (κ3) is 7.65. The van der Waals surface area contributed by atoms with Gasteiger partial charge in [0.25, 0.3) is 0 Å². The summed E-state index contributed by atoms with van der Waals surface area (Å²) in [5, 5.41) is 13.1. The summed E-state index contributed by atoms with van der Waals surface area (Å²) in [6.07, 6.45) is -9.04. The highest BCUT2D eigenvalue weighted by molar-refractivity contribution is 6.13. The van der Waals surface area contributed by atoms with Gasteiger partial charge in [0.15, 0.2) is 5.69 Å². The van der Waals surface area contributed by atoms with Crippen LogP contribution in [0, 0.1) is 38.7 Å². The monoisotopic (exact) mass is 940 g/mol. The number of aromatic nitrogens is 2. The van der Waals surface area contributed by atoms with Gasteiger partial charge in [0.2, 0.25) is 0 Å². The molecule has 0 unspecified atom stereocenters. The molecule has 0 aliphatic carbocycles. The Morgan fingerprint density at radius 2 is 0.972 bits per heavy atom. The second-order valence-electron chi connectivity index (χ2n) is 18.0. The average molecular weight is 941 g/mol. The molecule has 71 heavy (non-hydrogen) atoms. The fourth-order valence-electron chi connectivity index (χ4n) is 10.3. The number of alkyl halides is 6. The van der Waals surface area contributed by atoms with Crippen molar-refractivity contribution in [2.75, 3.05) is 0 Å². The highest BCUT2D eigenvalue weighted by Crippen LogP contribution is 2.47. The van der Waals surface area contributed by atoms with Crippen LogP contribution in [0.1, 0.15) is 33.4 Å². The van der Waals surface area contributed by atoms with E-state index in [9.17, 15) is 31.6 Å². The number of nitrogens with zero attached hydrogens (tertiary/aromatic N) is 4. The second-order valence-corrected chi connectivity index (χ2v) is 18.0. The van der Waals surface area contributed by atoms with Crippen molar-refractivity contribution in [3.05, 3.63) is 221 Å². The van der Waals surface area contributed by atoms with E-state index in [4.69, 9.17) is 6.57 Å². The number of hydrogen-bond acceptors (Lipinski definition) is 1. The topological polar surface area (TPSA) is 38.0 Å². The van der Waals surface area contributed by atoms with E-state index in [2.05, 4.69) is 26.1 Å². The molecule has 0 N–H and O–H groups in total. The summed E-state index contributed by atoms with van der Waals surface area (Å²) in [5.41, 5.74) is 11.1. The number of rotatable bonds is 6. The lowest BCUT2D eigenvalue weighted by molar-refractivity contribution is -0.138. The van der Waals surface area contributed by atoms with Crippen LogP contribution in [-0.2, 0) is 12.4 Å². The van der Waals surface area contributed by atoms with Crippen LogP contribution in [0.2, 0.25) is 0 Å². The zero-order chi connectivity index (χ0) is 49.5. The Morgan fingerprint density at radius 3 is 1.49 bits per heavy atom. The minimum absolute atomic E-state index is 0.363. The van der Waals surface area contributed by atoms with E-state index < -0.39 is 23.5 Å². The molecule has 0 aliphatic rings. The Hall–Kier alpha value is -8.86. The zero-order valence-electron chi connectivity index (χ0n) is 38.3. The van der Waals surface area contributed by atoms with Crippen molar-refractivity contribution in [1.29, 1.82) is 5.26 Å². The molecule has 344 valence electrons. The molecule has 0 fully saturated rings. The summed E-state index contributed by atoms with van der Waals surface area (Å²) in [5.74, 6) is 0. The van der Waals surface area contributed by atoms with Gasteiger partial charge in [-0.05, 0) is 167 Å². The van der Waals surface area contributed by atoms with Crippen LogP contribution < -0.4 is 0 Å². The number of hydrogen-bond donors (Lipinski definition) is 0. The van der Waals surface area contributed by atoms with Gasteiger partial charge >= 0.3 is 12.4 Å². The van der Waals surface area contributed by atoms with Gasteiger partial charge < -0.3 is 9.13 Å². The quantitative estimate of drug-likeness (QED) is 0.121. The van der Waals surface area contributed by atoms with Crippen LogP contribution >= 0.6 is 0 Å². The zero-order valence-corrected chi connectivity index (χ0v) is 38.3. The molecule has 2 heterocycles. The van der Waals surface area contributed by atoms with E-state index >= 15 is 0 Å². The number of benzene rings is 9. The lowest BCUT2D eigenvalue weighted by Crippen LogP contribution is -2.05. The van der Waals surface area contributed by atoms with Gasteiger partial charge in [0.05, 0.1) is 57.1 Å². The molecule has 4 nitrogen and oxygen atoms in total. The first-order valence-electron chi connectivity index (χ1n) is 22.7. The van der Waals surface area contributed by atoms with Gasteiger partial charge in [0, 0.05) is 32.8 Å². The first-order chi connectivity index (χ1) is 34.1. The van der Waals surface area contributed by atoms with Gasteiger partial charge in [-0.15, -0.1) is 0 Å². The van der Waals surface area contributed by atoms with Crippen molar-refractivity contribution in [3.63, 3.8) is 0 Å². The Morgan fingerprint density at radius 1 is 0.451 bits per heavy atom. The molecular weight excluding hydrogens is 903 g/mol. The lowest BCUT2D eigenvalue weighted by atomic mass is 9.92. The fourth-order valence-corrected chi connectivity index (χ4v) is 10.3. The number of aryl methyl sites for hydroxylation is 3. The summed E-state index contributed by atoms with van der Waals surface area (Å²) in [6.45, 7) is 13.9. The first-order valence-corrected chi connectivity index (χ1v) is 22.7.